The zero-order valence-corrected chi connectivity index (χ0v) is 19.3. The number of hydrogen-bond donors (Lipinski definition) is 1. The van der Waals surface area contributed by atoms with Crippen molar-refractivity contribution in [2.75, 3.05) is 5.32 Å². The summed E-state index contributed by atoms with van der Waals surface area (Å²) in [4.78, 5) is 30.7. The first-order valence-corrected chi connectivity index (χ1v) is 12.2. The van der Waals surface area contributed by atoms with Gasteiger partial charge in [-0.15, -0.1) is 11.3 Å². The lowest BCUT2D eigenvalue weighted by molar-refractivity contribution is -0.119. The summed E-state index contributed by atoms with van der Waals surface area (Å²) in [5, 5.41) is 5.21. The van der Waals surface area contributed by atoms with Gasteiger partial charge in [0.2, 0.25) is 5.91 Å². The van der Waals surface area contributed by atoms with E-state index in [0.717, 1.165) is 52.9 Å². The van der Waals surface area contributed by atoms with E-state index in [4.69, 9.17) is 0 Å². The maximum Gasteiger partial charge on any atom is 0.254 e. The van der Waals surface area contributed by atoms with Crippen molar-refractivity contribution in [2.45, 2.75) is 57.5 Å². The quantitative estimate of drug-likeness (QED) is 0.519. The number of fused-ring (bicyclic) bond motifs is 1. The molecular formula is C27H28N2O2S. The van der Waals surface area contributed by atoms with Crippen LogP contribution in [-0.4, -0.2) is 22.8 Å². The molecule has 0 bridgehead atoms. The normalized spacial score (nSPS) is 20.9. The minimum absolute atomic E-state index is 0.0568. The number of aryl methyl sites for hydroxylation is 2. The molecule has 4 nitrogen and oxygen atoms in total. The number of carbonyl (C=O) groups excluding carboxylic acids is 2. The number of nitrogens with zero attached hydrogens (tertiary/aromatic N) is 1. The molecule has 2 amide bonds. The fourth-order valence-electron chi connectivity index (χ4n) is 5.45. The number of benzene rings is 2. The highest BCUT2D eigenvalue weighted by Crippen LogP contribution is 2.47. The summed E-state index contributed by atoms with van der Waals surface area (Å²) < 4.78 is 0. The maximum absolute atomic E-state index is 13.9. The van der Waals surface area contributed by atoms with Crippen LogP contribution in [0.1, 0.15) is 69.6 Å². The van der Waals surface area contributed by atoms with Crippen LogP contribution in [0.25, 0.3) is 0 Å². The highest BCUT2D eigenvalue weighted by atomic mass is 32.1. The van der Waals surface area contributed by atoms with Gasteiger partial charge in [-0.1, -0.05) is 43.2 Å². The molecule has 1 aromatic heterocycles. The van der Waals surface area contributed by atoms with Crippen molar-refractivity contribution < 1.29 is 9.59 Å². The molecule has 2 aromatic carbocycles. The Hall–Kier alpha value is -2.92. The van der Waals surface area contributed by atoms with Crippen molar-refractivity contribution in [2.24, 2.45) is 0 Å². The largest absolute Gasteiger partial charge is 0.327 e. The summed E-state index contributed by atoms with van der Waals surface area (Å²) >= 11 is 1.63. The number of anilines is 1. The summed E-state index contributed by atoms with van der Waals surface area (Å²) in [6.07, 6.45) is 4.27. The second kappa shape index (κ2) is 8.55. The zero-order valence-electron chi connectivity index (χ0n) is 18.5. The van der Waals surface area contributed by atoms with Crippen LogP contribution in [0.5, 0.6) is 0 Å². The third kappa shape index (κ3) is 3.75. The van der Waals surface area contributed by atoms with Crippen molar-refractivity contribution in [3.8, 4) is 0 Å². The first-order chi connectivity index (χ1) is 15.5. The lowest BCUT2D eigenvalue weighted by Gasteiger charge is -2.44. The Kier molecular flexibility index (Phi) is 5.60. The van der Waals surface area contributed by atoms with E-state index in [-0.39, 0.29) is 23.9 Å². The molecule has 0 unspecified atom stereocenters. The summed E-state index contributed by atoms with van der Waals surface area (Å²) in [5.41, 5.74) is 4.52. The molecule has 1 aliphatic heterocycles. The lowest BCUT2D eigenvalue weighted by Crippen LogP contribution is -2.49. The summed E-state index contributed by atoms with van der Waals surface area (Å²) in [7, 11) is 0. The Morgan fingerprint density at radius 3 is 2.41 bits per heavy atom. The van der Waals surface area contributed by atoms with E-state index in [1.165, 1.54) is 0 Å². The van der Waals surface area contributed by atoms with Gasteiger partial charge in [-0.2, -0.15) is 0 Å². The molecule has 2 atom stereocenters. The van der Waals surface area contributed by atoms with Gasteiger partial charge in [-0.05, 0) is 73.0 Å². The molecule has 1 fully saturated rings. The lowest BCUT2D eigenvalue weighted by atomic mass is 9.80. The van der Waals surface area contributed by atoms with Gasteiger partial charge < -0.3 is 10.2 Å². The molecule has 2 aliphatic rings. The average molecular weight is 445 g/mol. The SMILES string of the molecule is Cc1cc(C)cc(NC(=O)[C@@H]2c3ccccc3C(=O)N(C3CCCC3)[C@@H]2c2cccs2)c1. The standard InChI is InChI=1S/C27H28N2O2S/c1-17-14-18(2)16-19(15-17)28-26(30)24-21-10-5-6-11-22(21)27(31)29(20-8-3-4-9-20)25(24)23-12-7-13-32-23/h5-7,10-16,20,24-25H,3-4,8-9H2,1-2H3,(H,28,30)/t24-,25-/m1/s1. The van der Waals surface area contributed by atoms with Crippen LogP contribution >= 0.6 is 11.3 Å². The molecule has 164 valence electrons. The third-order valence-corrected chi connectivity index (χ3v) is 7.64. The van der Waals surface area contributed by atoms with E-state index in [1.807, 2.05) is 66.6 Å². The van der Waals surface area contributed by atoms with Crippen molar-refractivity contribution in [1.82, 2.24) is 4.90 Å². The molecular weight excluding hydrogens is 416 g/mol. The summed E-state index contributed by atoms with van der Waals surface area (Å²) in [5.74, 6) is -0.457. The van der Waals surface area contributed by atoms with Crippen LogP contribution in [0.4, 0.5) is 5.69 Å². The third-order valence-electron chi connectivity index (χ3n) is 6.70. The number of amides is 2. The fraction of sp³-hybridized carbons (Fsp3) is 0.333. The molecule has 1 N–H and O–H groups in total. The van der Waals surface area contributed by atoms with Crippen LogP contribution in [-0.2, 0) is 4.79 Å². The van der Waals surface area contributed by atoms with Gasteiger partial charge in [0.1, 0.15) is 0 Å². The topological polar surface area (TPSA) is 49.4 Å². The minimum atomic E-state index is -0.455. The number of thiophene rings is 1. The number of nitrogens with one attached hydrogen (secondary N) is 1. The molecule has 5 heteroatoms. The van der Waals surface area contributed by atoms with E-state index in [0.29, 0.717) is 5.56 Å². The highest BCUT2D eigenvalue weighted by molar-refractivity contribution is 7.10. The minimum Gasteiger partial charge on any atom is -0.327 e. The molecule has 1 saturated carbocycles. The van der Waals surface area contributed by atoms with Crippen LogP contribution in [0.2, 0.25) is 0 Å². The van der Waals surface area contributed by atoms with Gasteiger partial charge >= 0.3 is 0 Å². The fourth-order valence-corrected chi connectivity index (χ4v) is 6.31. The van der Waals surface area contributed by atoms with Gasteiger partial charge in [0, 0.05) is 22.2 Å². The van der Waals surface area contributed by atoms with Crippen LogP contribution in [0, 0.1) is 13.8 Å². The van der Waals surface area contributed by atoms with Gasteiger partial charge in [-0.3, -0.25) is 9.59 Å². The summed E-state index contributed by atoms with van der Waals surface area (Å²) in [6, 6.07) is 17.7. The monoisotopic (exact) mass is 444 g/mol. The van der Waals surface area contributed by atoms with Gasteiger partial charge in [0.15, 0.2) is 0 Å². The summed E-state index contributed by atoms with van der Waals surface area (Å²) in [6.45, 7) is 4.07. The van der Waals surface area contributed by atoms with E-state index >= 15 is 0 Å². The molecule has 32 heavy (non-hydrogen) atoms. The Balaban J connectivity index is 1.62. The number of hydrogen-bond acceptors (Lipinski definition) is 3. The van der Waals surface area contributed by atoms with E-state index in [2.05, 4.69) is 17.4 Å². The van der Waals surface area contributed by atoms with Crippen molar-refractivity contribution in [3.05, 3.63) is 87.1 Å². The van der Waals surface area contributed by atoms with E-state index < -0.39 is 5.92 Å². The first-order valence-electron chi connectivity index (χ1n) is 11.4. The Bertz CT molecular complexity index is 1130. The predicted molar refractivity (Wildman–Crippen MR) is 129 cm³/mol. The van der Waals surface area contributed by atoms with E-state index in [1.54, 1.807) is 11.3 Å². The average Bonchev–Trinajstić information content (AvgIpc) is 3.47. The molecule has 5 rings (SSSR count). The molecule has 0 radical (unpaired) electrons. The van der Waals surface area contributed by atoms with Crippen LogP contribution in [0.3, 0.4) is 0 Å². The molecule has 2 heterocycles. The molecule has 0 spiro atoms. The van der Waals surface area contributed by atoms with Crippen molar-refractivity contribution in [1.29, 1.82) is 0 Å². The van der Waals surface area contributed by atoms with E-state index in [9.17, 15) is 9.59 Å². The highest BCUT2D eigenvalue weighted by Gasteiger charge is 2.47. The van der Waals surface area contributed by atoms with Gasteiger partial charge in [0.25, 0.3) is 5.91 Å². The van der Waals surface area contributed by atoms with Crippen molar-refractivity contribution >= 4 is 28.8 Å². The second-order valence-electron chi connectivity index (χ2n) is 9.04. The number of rotatable bonds is 4. The van der Waals surface area contributed by atoms with Crippen molar-refractivity contribution in [3.63, 3.8) is 0 Å². The predicted octanol–water partition coefficient (Wildman–Crippen LogP) is 6.23. The van der Waals surface area contributed by atoms with Gasteiger partial charge in [0.05, 0.1) is 12.0 Å². The molecule has 1 aliphatic carbocycles. The number of carbonyl (C=O) groups is 2. The van der Waals surface area contributed by atoms with Gasteiger partial charge in [-0.25, -0.2) is 0 Å². The smallest absolute Gasteiger partial charge is 0.254 e. The maximum atomic E-state index is 13.9. The van der Waals surface area contributed by atoms with Crippen LogP contribution in [0.15, 0.2) is 60.0 Å². The Morgan fingerprint density at radius 2 is 1.72 bits per heavy atom. The molecule has 3 aromatic rings. The Morgan fingerprint density at radius 1 is 1.00 bits per heavy atom. The van der Waals surface area contributed by atoms with Crippen LogP contribution < -0.4 is 5.32 Å². The second-order valence-corrected chi connectivity index (χ2v) is 10.0. The first kappa shape index (κ1) is 21.0. The Labute approximate surface area is 193 Å². The molecule has 0 saturated heterocycles. The zero-order chi connectivity index (χ0) is 22.2.